The Morgan fingerprint density at radius 1 is 1.39 bits per heavy atom. The summed E-state index contributed by atoms with van der Waals surface area (Å²) in [6, 6.07) is 0. The predicted octanol–water partition coefficient (Wildman–Crippen LogP) is 0.847. The van der Waals surface area contributed by atoms with Gasteiger partial charge in [0.15, 0.2) is 15.7 Å². The topological polar surface area (TPSA) is 99.1 Å². The van der Waals surface area contributed by atoms with Crippen molar-refractivity contribution in [2.24, 2.45) is 11.7 Å². The van der Waals surface area contributed by atoms with E-state index in [1.807, 2.05) is 0 Å². The number of nitrogens with zero attached hydrogens (tertiary/aromatic N) is 2. The minimum absolute atomic E-state index is 0.170. The van der Waals surface area contributed by atoms with E-state index in [0.717, 1.165) is 25.5 Å². The molecule has 0 saturated heterocycles. The van der Waals surface area contributed by atoms with Gasteiger partial charge in [-0.05, 0) is 25.3 Å². The van der Waals surface area contributed by atoms with Gasteiger partial charge in [-0.2, -0.15) is 4.98 Å². The fourth-order valence-corrected chi connectivity index (χ4v) is 3.11. The first-order valence-electron chi connectivity index (χ1n) is 6.20. The number of hydrogen-bond donors (Lipinski definition) is 1. The average molecular weight is 273 g/mol. The van der Waals surface area contributed by atoms with E-state index in [9.17, 15) is 8.42 Å². The van der Waals surface area contributed by atoms with Crippen LogP contribution < -0.4 is 5.73 Å². The summed E-state index contributed by atoms with van der Waals surface area (Å²) < 4.78 is 27.5. The van der Waals surface area contributed by atoms with Crippen molar-refractivity contribution in [3.8, 4) is 0 Å². The highest BCUT2D eigenvalue weighted by Gasteiger charge is 2.30. The van der Waals surface area contributed by atoms with Crippen LogP contribution in [0.25, 0.3) is 0 Å². The summed E-state index contributed by atoms with van der Waals surface area (Å²) in [5.74, 6) is 1.17. The SMILES string of the molecule is CS(=O)(=O)Cc1noc(C2CCCCC2CN)n1. The fourth-order valence-electron chi connectivity index (χ4n) is 2.53. The Morgan fingerprint density at radius 2 is 2.11 bits per heavy atom. The van der Waals surface area contributed by atoms with Crippen molar-refractivity contribution < 1.29 is 12.9 Å². The van der Waals surface area contributed by atoms with E-state index in [1.165, 1.54) is 6.42 Å². The van der Waals surface area contributed by atoms with Crippen LogP contribution >= 0.6 is 0 Å². The highest BCUT2D eigenvalue weighted by atomic mass is 32.2. The van der Waals surface area contributed by atoms with Crippen LogP contribution in [0.4, 0.5) is 0 Å². The molecule has 7 heteroatoms. The van der Waals surface area contributed by atoms with Crippen LogP contribution in [0.3, 0.4) is 0 Å². The monoisotopic (exact) mass is 273 g/mol. The summed E-state index contributed by atoms with van der Waals surface area (Å²) in [5, 5.41) is 3.74. The van der Waals surface area contributed by atoms with Gasteiger partial charge in [0.1, 0.15) is 5.75 Å². The molecule has 1 aliphatic carbocycles. The van der Waals surface area contributed by atoms with Gasteiger partial charge in [0.2, 0.25) is 5.89 Å². The van der Waals surface area contributed by atoms with Gasteiger partial charge >= 0.3 is 0 Å². The predicted molar refractivity (Wildman–Crippen MR) is 66.6 cm³/mol. The maximum atomic E-state index is 11.2. The molecule has 0 aromatic carbocycles. The van der Waals surface area contributed by atoms with Crippen LogP contribution in [0, 0.1) is 5.92 Å². The lowest BCUT2D eigenvalue weighted by molar-refractivity contribution is 0.249. The zero-order valence-electron chi connectivity index (χ0n) is 10.5. The van der Waals surface area contributed by atoms with Crippen LogP contribution in [-0.4, -0.2) is 31.4 Å². The Balaban J connectivity index is 2.13. The van der Waals surface area contributed by atoms with Crippen molar-refractivity contribution in [2.75, 3.05) is 12.8 Å². The first-order chi connectivity index (χ1) is 8.49. The van der Waals surface area contributed by atoms with Gasteiger partial charge in [0.25, 0.3) is 0 Å². The summed E-state index contributed by atoms with van der Waals surface area (Å²) in [6.07, 6.45) is 5.54. The number of aromatic nitrogens is 2. The van der Waals surface area contributed by atoms with Crippen molar-refractivity contribution in [3.05, 3.63) is 11.7 Å². The molecule has 102 valence electrons. The highest BCUT2D eigenvalue weighted by Crippen LogP contribution is 2.36. The van der Waals surface area contributed by atoms with Crippen LogP contribution in [0.1, 0.15) is 43.3 Å². The number of rotatable bonds is 4. The molecule has 6 nitrogen and oxygen atoms in total. The van der Waals surface area contributed by atoms with Crippen molar-refractivity contribution in [2.45, 2.75) is 37.4 Å². The lowest BCUT2D eigenvalue weighted by atomic mass is 9.79. The molecule has 18 heavy (non-hydrogen) atoms. The van der Waals surface area contributed by atoms with Crippen LogP contribution in [0.5, 0.6) is 0 Å². The molecule has 0 radical (unpaired) electrons. The minimum Gasteiger partial charge on any atom is -0.339 e. The maximum absolute atomic E-state index is 11.2. The second-order valence-electron chi connectivity index (χ2n) is 5.01. The van der Waals surface area contributed by atoms with Crippen LogP contribution in [0.15, 0.2) is 4.52 Å². The molecular weight excluding hydrogens is 254 g/mol. The number of hydrogen-bond acceptors (Lipinski definition) is 6. The van der Waals surface area contributed by atoms with Crippen molar-refractivity contribution in [1.82, 2.24) is 10.1 Å². The smallest absolute Gasteiger partial charge is 0.230 e. The Labute approximate surface area is 107 Å². The zero-order chi connectivity index (χ0) is 13.2. The second kappa shape index (κ2) is 5.36. The van der Waals surface area contributed by atoms with E-state index < -0.39 is 9.84 Å². The summed E-state index contributed by atoms with van der Waals surface area (Å²) >= 11 is 0. The number of sulfone groups is 1. The zero-order valence-corrected chi connectivity index (χ0v) is 11.3. The first kappa shape index (κ1) is 13.5. The maximum Gasteiger partial charge on any atom is 0.230 e. The van der Waals surface area contributed by atoms with Gasteiger partial charge in [0.05, 0.1) is 0 Å². The molecule has 1 fully saturated rings. The van der Waals surface area contributed by atoms with Crippen molar-refractivity contribution in [1.29, 1.82) is 0 Å². The van der Waals surface area contributed by atoms with E-state index >= 15 is 0 Å². The van der Waals surface area contributed by atoms with E-state index in [4.69, 9.17) is 10.3 Å². The van der Waals surface area contributed by atoms with Gasteiger partial charge in [-0.25, -0.2) is 8.42 Å². The fraction of sp³-hybridized carbons (Fsp3) is 0.818. The van der Waals surface area contributed by atoms with Crippen molar-refractivity contribution in [3.63, 3.8) is 0 Å². The molecule has 2 rings (SSSR count). The van der Waals surface area contributed by atoms with Gasteiger partial charge < -0.3 is 10.3 Å². The molecule has 1 saturated carbocycles. The molecule has 0 aliphatic heterocycles. The molecule has 2 N–H and O–H groups in total. The van der Waals surface area contributed by atoms with E-state index in [0.29, 0.717) is 18.4 Å². The molecule has 1 aromatic rings. The summed E-state index contributed by atoms with van der Waals surface area (Å²) in [5.41, 5.74) is 5.75. The quantitative estimate of drug-likeness (QED) is 0.873. The first-order valence-corrected chi connectivity index (χ1v) is 8.26. The van der Waals surface area contributed by atoms with Crippen LogP contribution in [0.2, 0.25) is 0 Å². The molecule has 0 bridgehead atoms. The third-order valence-electron chi connectivity index (χ3n) is 3.40. The van der Waals surface area contributed by atoms with Gasteiger partial charge in [-0.1, -0.05) is 18.0 Å². The highest BCUT2D eigenvalue weighted by molar-refractivity contribution is 7.89. The van der Waals surface area contributed by atoms with Gasteiger partial charge in [-0.3, -0.25) is 0 Å². The standard InChI is InChI=1S/C11H19N3O3S/c1-18(15,16)7-10-13-11(17-14-10)9-5-3-2-4-8(9)6-12/h8-9H,2-7,12H2,1H3. The molecule has 0 amide bonds. The molecule has 2 unspecified atom stereocenters. The molecule has 1 aliphatic rings. The van der Waals surface area contributed by atoms with Gasteiger partial charge in [0, 0.05) is 12.2 Å². The van der Waals surface area contributed by atoms with Crippen LogP contribution in [-0.2, 0) is 15.6 Å². The van der Waals surface area contributed by atoms with E-state index in [-0.39, 0.29) is 17.5 Å². The summed E-state index contributed by atoms with van der Waals surface area (Å²) in [7, 11) is -3.12. The Morgan fingerprint density at radius 3 is 2.78 bits per heavy atom. The molecule has 0 spiro atoms. The normalized spacial score (nSPS) is 25.2. The lowest BCUT2D eigenvalue weighted by Gasteiger charge is -2.27. The Hall–Kier alpha value is -0.950. The number of nitrogens with two attached hydrogens (primary N) is 1. The molecule has 2 atom stereocenters. The molecule has 1 heterocycles. The molecular formula is C11H19N3O3S. The third kappa shape index (κ3) is 3.29. The van der Waals surface area contributed by atoms with E-state index in [2.05, 4.69) is 10.1 Å². The lowest BCUT2D eigenvalue weighted by Crippen LogP contribution is -2.25. The largest absolute Gasteiger partial charge is 0.339 e. The average Bonchev–Trinajstić information content (AvgIpc) is 2.75. The summed E-state index contributed by atoms with van der Waals surface area (Å²) in [6.45, 7) is 0.606. The van der Waals surface area contributed by atoms with E-state index in [1.54, 1.807) is 0 Å². The summed E-state index contributed by atoms with van der Waals surface area (Å²) in [4.78, 5) is 4.20. The second-order valence-corrected chi connectivity index (χ2v) is 7.15. The Bertz CT molecular complexity index is 497. The molecule has 1 aromatic heterocycles. The minimum atomic E-state index is -3.12. The third-order valence-corrected chi connectivity index (χ3v) is 4.19. The Kier molecular flexibility index (Phi) is 4.01. The van der Waals surface area contributed by atoms with Gasteiger partial charge in [-0.15, -0.1) is 0 Å². The van der Waals surface area contributed by atoms with Crippen molar-refractivity contribution >= 4 is 9.84 Å².